The number of aliphatic carboxylic acids is 1. The number of esters is 2. The number of halogens is 2. The number of carboxylic acid groups (broad SMARTS) is 1. The molecule has 30 heavy (non-hydrogen) atoms. The maximum absolute atomic E-state index is 10.9. The molecule has 0 aromatic heterocycles. The highest BCUT2D eigenvalue weighted by atomic mass is 35.5. The molecule has 0 heterocycles. The lowest BCUT2D eigenvalue weighted by Gasteiger charge is -2.29. The Kier molecular flexibility index (Phi) is 11.5. The highest BCUT2D eigenvalue weighted by molar-refractivity contribution is 6.26. The zero-order valence-corrected chi connectivity index (χ0v) is 17.1. The van der Waals surface area contributed by atoms with Gasteiger partial charge in [0.1, 0.15) is 23.3 Å². The third kappa shape index (κ3) is 11.9. The second kappa shape index (κ2) is 12.7. The molecule has 0 atom stereocenters. The molecule has 12 heteroatoms. The maximum Gasteiger partial charge on any atom is 0.323 e. The van der Waals surface area contributed by atoms with Crippen LogP contribution in [0.15, 0.2) is 48.6 Å². The van der Waals surface area contributed by atoms with Crippen molar-refractivity contribution >= 4 is 41.1 Å². The van der Waals surface area contributed by atoms with Crippen LogP contribution in [-0.2, 0) is 23.9 Å². The minimum Gasteiger partial charge on any atom is -0.508 e. The largest absolute Gasteiger partial charge is 0.508 e. The third-order valence-corrected chi connectivity index (χ3v) is 3.18. The fourth-order valence-electron chi connectivity index (χ4n) is 1.60. The molecule has 1 aliphatic rings. The molecule has 0 saturated carbocycles. The molecule has 0 aliphatic heterocycles. The first-order valence-electron chi connectivity index (χ1n) is 7.93. The quantitative estimate of drug-likeness (QED) is 0.143. The van der Waals surface area contributed by atoms with Crippen molar-refractivity contribution in [1.29, 1.82) is 0 Å². The molecule has 1 aromatic carbocycles. The Morgan fingerprint density at radius 2 is 1.03 bits per heavy atom. The number of benzene rings is 1. The molecule has 0 radical (unpaired) electrons. The van der Waals surface area contributed by atoms with Crippen LogP contribution in [0.25, 0.3) is 0 Å². The van der Waals surface area contributed by atoms with E-state index in [1.54, 1.807) is 0 Å². The minimum absolute atomic E-state index is 0.169. The van der Waals surface area contributed by atoms with Gasteiger partial charge in [-0.25, -0.2) is 0 Å². The lowest BCUT2D eigenvalue weighted by molar-refractivity contribution is -0.184. The first-order chi connectivity index (χ1) is 13.8. The lowest BCUT2D eigenvalue weighted by atomic mass is 10.1. The van der Waals surface area contributed by atoms with E-state index in [4.69, 9.17) is 43.3 Å². The molecule has 0 saturated heterocycles. The van der Waals surface area contributed by atoms with Gasteiger partial charge in [-0.3, -0.25) is 14.4 Å². The number of alkyl halides is 2. The fourth-order valence-corrected chi connectivity index (χ4v) is 1.71. The molecule has 2 rings (SSSR count). The molecule has 0 fully saturated rings. The van der Waals surface area contributed by atoms with Crippen LogP contribution in [0, 0.1) is 0 Å². The van der Waals surface area contributed by atoms with Crippen molar-refractivity contribution in [3.05, 3.63) is 48.6 Å². The summed E-state index contributed by atoms with van der Waals surface area (Å²) in [6, 6.07) is 5.70. The van der Waals surface area contributed by atoms with Crippen molar-refractivity contribution in [3.8, 4) is 11.5 Å². The van der Waals surface area contributed by atoms with Gasteiger partial charge in [0, 0.05) is 6.92 Å². The predicted molar refractivity (Wildman–Crippen MR) is 105 cm³/mol. The van der Waals surface area contributed by atoms with E-state index in [1.165, 1.54) is 24.3 Å². The average molecular weight is 467 g/mol. The summed E-state index contributed by atoms with van der Waals surface area (Å²) in [6.07, 6.45) is 3.77. The van der Waals surface area contributed by atoms with Crippen molar-refractivity contribution < 1.29 is 49.4 Å². The number of phenols is 2. The zero-order chi connectivity index (χ0) is 23.4. The minimum atomic E-state index is -2.04. The van der Waals surface area contributed by atoms with Crippen LogP contribution in [0.4, 0.5) is 0 Å². The van der Waals surface area contributed by atoms with Crippen molar-refractivity contribution in [2.75, 3.05) is 11.8 Å². The summed E-state index contributed by atoms with van der Waals surface area (Å²) in [6.45, 7) is 1.08. The van der Waals surface area contributed by atoms with Gasteiger partial charge in [-0.05, 0) is 48.6 Å². The van der Waals surface area contributed by atoms with Gasteiger partial charge in [0.2, 0.25) is 0 Å². The summed E-state index contributed by atoms with van der Waals surface area (Å²) in [4.78, 5) is 30.8. The highest BCUT2D eigenvalue weighted by Gasteiger charge is 2.35. The summed E-state index contributed by atoms with van der Waals surface area (Å²) in [5.74, 6) is -7.14. The number of carbonyl (C=O) groups is 3. The molecular formula is C18H20Cl2O10. The number of aliphatic hydroxyl groups is 2. The van der Waals surface area contributed by atoms with Crippen molar-refractivity contribution in [2.45, 2.75) is 18.5 Å². The Labute approximate surface area is 181 Å². The standard InChI is InChI=1S/C10H10Cl2O6.C6H6O2.C2H4O2/c11-5-7(13)17-9(15)1-2-10(16,4-3-9)18-8(14)6-12;7-5-1-2-6(8)4-3-5;1-2(3)4/h1-4,15-16H,5-6H2;1-4,7-8H;1H3,(H,3,4). The summed E-state index contributed by atoms with van der Waals surface area (Å²) in [7, 11) is 0. The van der Waals surface area contributed by atoms with Gasteiger partial charge < -0.3 is 35.0 Å². The molecule has 0 spiro atoms. The molecule has 166 valence electrons. The number of hydrogen-bond donors (Lipinski definition) is 5. The molecule has 1 aliphatic carbocycles. The highest BCUT2D eigenvalue weighted by Crippen LogP contribution is 2.24. The number of aromatic hydroxyl groups is 2. The SMILES string of the molecule is CC(=O)O.O=C(CCl)OC1(O)C=CC(O)(OC(=O)CCl)C=C1.Oc1ccc(O)cc1. The molecule has 5 N–H and O–H groups in total. The van der Waals surface area contributed by atoms with E-state index in [0.29, 0.717) is 0 Å². The van der Waals surface area contributed by atoms with Crippen LogP contribution < -0.4 is 0 Å². The number of carbonyl (C=O) groups excluding carboxylic acids is 2. The molecule has 10 nitrogen and oxygen atoms in total. The Balaban J connectivity index is 0.000000574. The molecule has 0 unspecified atom stereocenters. The van der Waals surface area contributed by atoms with Gasteiger partial charge in [-0.2, -0.15) is 0 Å². The maximum atomic E-state index is 10.9. The van der Waals surface area contributed by atoms with Crippen LogP contribution in [0.3, 0.4) is 0 Å². The topological polar surface area (TPSA) is 171 Å². The monoisotopic (exact) mass is 466 g/mol. The Morgan fingerprint density at radius 1 is 0.800 bits per heavy atom. The summed E-state index contributed by atoms with van der Waals surface area (Å²) >= 11 is 10.4. The molecule has 1 aromatic rings. The van der Waals surface area contributed by atoms with Crippen LogP contribution in [0.1, 0.15) is 6.92 Å². The summed E-state index contributed by atoms with van der Waals surface area (Å²) in [5, 5.41) is 44.2. The summed E-state index contributed by atoms with van der Waals surface area (Å²) in [5.41, 5.74) is 0. The van der Waals surface area contributed by atoms with E-state index < -0.39 is 41.2 Å². The average Bonchev–Trinajstić information content (AvgIpc) is 2.67. The van der Waals surface area contributed by atoms with Gasteiger partial charge >= 0.3 is 11.9 Å². The second-order valence-electron chi connectivity index (χ2n) is 5.42. The third-order valence-electron chi connectivity index (χ3n) is 2.74. The van der Waals surface area contributed by atoms with E-state index in [9.17, 15) is 19.8 Å². The van der Waals surface area contributed by atoms with E-state index in [2.05, 4.69) is 9.47 Å². The number of ether oxygens (including phenoxy) is 2. The number of phenolic OH excluding ortho intramolecular Hbond substituents is 2. The smallest absolute Gasteiger partial charge is 0.323 e. The van der Waals surface area contributed by atoms with Crippen molar-refractivity contribution in [1.82, 2.24) is 0 Å². The Bertz CT molecular complexity index is 699. The molecular weight excluding hydrogens is 447 g/mol. The van der Waals surface area contributed by atoms with Gasteiger partial charge in [-0.1, -0.05) is 0 Å². The van der Waals surface area contributed by atoms with Crippen LogP contribution in [0.5, 0.6) is 11.5 Å². The fraction of sp³-hybridized carbons (Fsp3) is 0.278. The van der Waals surface area contributed by atoms with Crippen molar-refractivity contribution in [2.24, 2.45) is 0 Å². The molecule has 0 amide bonds. The number of carboxylic acids is 1. The summed E-state index contributed by atoms with van der Waals surface area (Å²) < 4.78 is 9.17. The zero-order valence-electron chi connectivity index (χ0n) is 15.6. The van der Waals surface area contributed by atoms with E-state index in [1.807, 2.05) is 0 Å². The van der Waals surface area contributed by atoms with E-state index in [0.717, 1.165) is 31.2 Å². The van der Waals surface area contributed by atoms with E-state index >= 15 is 0 Å². The van der Waals surface area contributed by atoms with Crippen LogP contribution >= 0.6 is 23.2 Å². The Hall–Kier alpha value is -2.79. The van der Waals surface area contributed by atoms with Gasteiger partial charge in [0.25, 0.3) is 17.5 Å². The Morgan fingerprint density at radius 3 is 1.23 bits per heavy atom. The first-order valence-corrected chi connectivity index (χ1v) is 9.00. The predicted octanol–water partition coefficient (Wildman–Crippen LogP) is 1.24. The first kappa shape index (κ1) is 27.2. The van der Waals surface area contributed by atoms with Gasteiger partial charge in [-0.15, -0.1) is 23.2 Å². The van der Waals surface area contributed by atoms with E-state index in [-0.39, 0.29) is 11.5 Å². The van der Waals surface area contributed by atoms with Gasteiger partial charge in [0.05, 0.1) is 0 Å². The van der Waals surface area contributed by atoms with Crippen molar-refractivity contribution in [3.63, 3.8) is 0 Å². The van der Waals surface area contributed by atoms with Gasteiger partial charge in [0.15, 0.2) is 0 Å². The normalized spacial score (nSPS) is 21.2. The number of rotatable bonds is 4. The van der Waals surface area contributed by atoms with Crippen LogP contribution in [-0.4, -0.2) is 66.8 Å². The number of hydrogen-bond acceptors (Lipinski definition) is 9. The lowest BCUT2D eigenvalue weighted by Crippen LogP contribution is -2.39. The van der Waals surface area contributed by atoms with Crippen LogP contribution in [0.2, 0.25) is 0 Å². The second-order valence-corrected chi connectivity index (χ2v) is 5.96. The molecule has 0 bridgehead atoms.